The lowest BCUT2D eigenvalue weighted by atomic mass is 9.80. The molecule has 1 saturated carbocycles. The standard InChI is InChI=1S/C20H19N3S/c1-2-5-18(6-3-1)19-14-24-20(22-19)23-21-13-15-9-11-17(12-10-15)16-7-4-8-16/h1-3,5-6,9-14,16H,4,7-8H2,(H,22,23). The number of nitrogens with one attached hydrogen (secondary N) is 1. The summed E-state index contributed by atoms with van der Waals surface area (Å²) in [5.74, 6) is 0.779. The smallest absolute Gasteiger partial charge is 0.203 e. The van der Waals surface area contributed by atoms with Crippen LogP contribution in [-0.2, 0) is 0 Å². The van der Waals surface area contributed by atoms with Crippen LogP contribution in [0.15, 0.2) is 65.1 Å². The Kier molecular flexibility index (Phi) is 4.38. The third-order valence-electron chi connectivity index (χ3n) is 4.46. The highest BCUT2D eigenvalue weighted by Crippen LogP contribution is 2.36. The highest BCUT2D eigenvalue weighted by molar-refractivity contribution is 7.14. The molecule has 3 aromatic rings. The van der Waals surface area contributed by atoms with Gasteiger partial charge in [0.1, 0.15) is 0 Å². The summed E-state index contributed by atoms with van der Waals surface area (Å²) in [5.41, 5.74) is 7.68. The molecule has 1 fully saturated rings. The van der Waals surface area contributed by atoms with Crippen molar-refractivity contribution in [1.29, 1.82) is 0 Å². The Morgan fingerprint density at radius 3 is 2.54 bits per heavy atom. The Morgan fingerprint density at radius 1 is 1.04 bits per heavy atom. The van der Waals surface area contributed by atoms with Crippen LogP contribution in [0.5, 0.6) is 0 Å². The van der Waals surface area contributed by atoms with E-state index < -0.39 is 0 Å². The first-order valence-electron chi connectivity index (χ1n) is 8.28. The molecule has 120 valence electrons. The van der Waals surface area contributed by atoms with E-state index in [4.69, 9.17) is 0 Å². The van der Waals surface area contributed by atoms with Gasteiger partial charge in [-0.25, -0.2) is 4.98 Å². The molecule has 0 unspecified atom stereocenters. The summed E-state index contributed by atoms with van der Waals surface area (Å²) in [6, 6.07) is 18.9. The molecule has 1 aliphatic carbocycles. The molecule has 0 radical (unpaired) electrons. The maximum Gasteiger partial charge on any atom is 0.203 e. The van der Waals surface area contributed by atoms with E-state index in [1.165, 1.54) is 24.8 Å². The molecule has 0 amide bonds. The lowest BCUT2D eigenvalue weighted by molar-refractivity contribution is 0.420. The van der Waals surface area contributed by atoms with Gasteiger partial charge in [-0.2, -0.15) is 5.10 Å². The summed E-state index contributed by atoms with van der Waals surface area (Å²) in [5, 5.41) is 7.14. The molecule has 1 heterocycles. The van der Waals surface area contributed by atoms with Gasteiger partial charge < -0.3 is 0 Å². The summed E-state index contributed by atoms with van der Waals surface area (Å²) in [4.78, 5) is 4.56. The van der Waals surface area contributed by atoms with Crippen LogP contribution in [-0.4, -0.2) is 11.2 Å². The number of thiazole rings is 1. The topological polar surface area (TPSA) is 37.3 Å². The molecule has 0 atom stereocenters. The van der Waals surface area contributed by atoms with Crippen LogP contribution in [0.25, 0.3) is 11.3 Å². The van der Waals surface area contributed by atoms with E-state index in [2.05, 4.69) is 51.9 Å². The van der Waals surface area contributed by atoms with Crippen molar-refractivity contribution < 1.29 is 0 Å². The minimum Gasteiger partial charge on any atom is -0.253 e. The van der Waals surface area contributed by atoms with Crippen molar-refractivity contribution in [2.45, 2.75) is 25.2 Å². The van der Waals surface area contributed by atoms with Gasteiger partial charge in [0.05, 0.1) is 11.9 Å². The number of benzene rings is 2. The second-order valence-electron chi connectivity index (χ2n) is 6.07. The fourth-order valence-corrected chi connectivity index (χ4v) is 3.49. The Labute approximate surface area is 146 Å². The molecular formula is C20H19N3S. The molecular weight excluding hydrogens is 314 g/mol. The number of aromatic nitrogens is 1. The Hall–Kier alpha value is -2.46. The first-order valence-corrected chi connectivity index (χ1v) is 9.16. The number of anilines is 1. The molecule has 0 bridgehead atoms. The zero-order chi connectivity index (χ0) is 16.2. The molecule has 3 nitrogen and oxygen atoms in total. The molecule has 1 aromatic heterocycles. The minimum absolute atomic E-state index is 0.779. The third kappa shape index (κ3) is 3.39. The second kappa shape index (κ2) is 6.97. The van der Waals surface area contributed by atoms with Gasteiger partial charge in [-0.05, 0) is 29.9 Å². The van der Waals surface area contributed by atoms with Gasteiger partial charge in [-0.15, -0.1) is 11.3 Å². The molecule has 24 heavy (non-hydrogen) atoms. The summed E-state index contributed by atoms with van der Waals surface area (Å²) in [7, 11) is 0. The van der Waals surface area contributed by atoms with E-state index in [-0.39, 0.29) is 0 Å². The molecule has 0 spiro atoms. The van der Waals surface area contributed by atoms with Crippen LogP contribution < -0.4 is 5.43 Å². The van der Waals surface area contributed by atoms with E-state index >= 15 is 0 Å². The van der Waals surface area contributed by atoms with Crippen molar-refractivity contribution in [2.75, 3.05) is 5.43 Å². The van der Waals surface area contributed by atoms with Crippen LogP contribution in [0, 0.1) is 0 Å². The SMILES string of the molecule is C(=NNc1nc(-c2ccccc2)cs1)c1ccc(C2CCC2)cc1. The van der Waals surface area contributed by atoms with Crippen molar-refractivity contribution in [3.63, 3.8) is 0 Å². The van der Waals surface area contributed by atoms with Gasteiger partial charge >= 0.3 is 0 Å². The molecule has 0 aliphatic heterocycles. The first kappa shape index (κ1) is 15.1. The average molecular weight is 333 g/mol. The third-order valence-corrected chi connectivity index (χ3v) is 5.21. The number of hydrogen-bond acceptors (Lipinski definition) is 4. The van der Waals surface area contributed by atoms with Crippen LogP contribution in [0.1, 0.15) is 36.3 Å². The summed E-state index contributed by atoms with van der Waals surface area (Å²) >= 11 is 1.56. The Bertz CT molecular complexity index is 818. The van der Waals surface area contributed by atoms with Crippen molar-refractivity contribution in [3.05, 3.63) is 71.1 Å². The van der Waals surface area contributed by atoms with Crippen molar-refractivity contribution >= 4 is 22.7 Å². The van der Waals surface area contributed by atoms with Gasteiger partial charge in [-0.3, -0.25) is 5.43 Å². The van der Waals surface area contributed by atoms with E-state index in [0.717, 1.165) is 27.9 Å². The molecule has 4 rings (SSSR count). The fraction of sp³-hybridized carbons (Fsp3) is 0.200. The van der Waals surface area contributed by atoms with E-state index in [1.54, 1.807) is 11.3 Å². The van der Waals surface area contributed by atoms with Crippen LogP contribution in [0.3, 0.4) is 0 Å². The van der Waals surface area contributed by atoms with E-state index in [9.17, 15) is 0 Å². The summed E-state index contributed by atoms with van der Waals surface area (Å²) < 4.78 is 0. The van der Waals surface area contributed by atoms with E-state index in [1.807, 2.05) is 29.8 Å². The van der Waals surface area contributed by atoms with E-state index in [0.29, 0.717) is 0 Å². The quantitative estimate of drug-likeness (QED) is 0.493. The van der Waals surface area contributed by atoms with Crippen LogP contribution >= 0.6 is 11.3 Å². The molecule has 4 heteroatoms. The molecule has 1 N–H and O–H groups in total. The fourth-order valence-electron chi connectivity index (χ4n) is 2.82. The number of nitrogens with zero attached hydrogens (tertiary/aromatic N) is 2. The highest BCUT2D eigenvalue weighted by atomic mass is 32.1. The summed E-state index contributed by atoms with van der Waals surface area (Å²) in [6.07, 6.45) is 5.89. The number of hydrogen-bond donors (Lipinski definition) is 1. The monoisotopic (exact) mass is 333 g/mol. The minimum atomic E-state index is 0.779. The number of rotatable bonds is 5. The maximum atomic E-state index is 4.56. The van der Waals surface area contributed by atoms with Crippen molar-refractivity contribution in [3.8, 4) is 11.3 Å². The maximum absolute atomic E-state index is 4.56. The largest absolute Gasteiger partial charge is 0.253 e. The van der Waals surface area contributed by atoms with Gasteiger partial charge in [0, 0.05) is 10.9 Å². The van der Waals surface area contributed by atoms with Gasteiger partial charge in [0.2, 0.25) is 5.13 Å². The van der Waals surface area contributed by atoms with Gasteiger partial charge in [-0.1, -0.05) is 61.0 Å². The average Bonchev–Trinajstić information content (AvgIpc) is 3.05. The predicted molar refractivity (Wildman–Crippen MR) is 102 cm³/mol. The lowest BCUT2D eigenvalue weighted by Crippen LogP contribution is -2.08. The molecule has 2 aromatic carbocycles. The second-order valence-corrected chi connectivity index (χ2v) is 6.93. The zero-order valence-corrected chi connectivity index (χ0v) is 14.2. The first-order chi connectivity index (χ1) is 11.9. The van der Waals surface area contributed by atoms with Crippen LogP contribution in [0.4, 0.5) is 5.13 Å². The molecule has 0 saturated heterocycles. The Balaban J connectivity index is 1.38. The highest BCUT2D eigenvalue weighted by Gasteiger charge is 2.18. The van der Waals surface area contributed by atoms with Gasteiger partial charge in [0.25, 0.3) is 0 Å². The van der Waals surface area contributed by atoms with Gasteiger partial charge in [0.15, 0.2) is 0 Å². The molecule has 1 aliphatic rings. The Morgan fingerprint density at radius 2 is 1.83 bits per heavy atom. The van der Waals surface area contributed by atoms with Crippen LogP contribution in [0.2, 0.25) is 0 Å². The normalized spacial score (nSPS) is 14.7. The number of hydrazone groups is 1. The predicted octanol–water partition coefficient (Wildman–Crippen LogP) is 5.52. The van der Waals surface area contributed by atoms with Crippen molar-refractivity contribution in [1.82, 2.24) is 4.98 Å². The summed E-state index contributed by atoms with van der Waals surface area (Å²) in [6.45, 7) is 0. The van der Waals surface area contributed by atoms with Crippen molar-refractivity contribution in [2.24, 2.45) is 5.10 Å². The lowest BCUT2D eigenvalue weighted by Gasteiger charge is -2.25. The zero-order valence-electron chi connectivity index (χ0n) is 13.4.